The molecule has 0 aliphatic heterocycles. The molecule has 0 saturated heterocycles. The molecule has 0 saturated carbocycles. The quantitative estimate of drug-likeness (QED) is 0.480. The van der Waals surface area contributed by atoms with Crippen molar-refractivity contribution in [1.82, 2.24) is 0 Å². The summed E-state index contributed by atoms with van der Waals surface area (Å²) in [5.41, 5.74) is -1.17. The van der Waals surface area contributed by atoms with Crippen LogP contribution >= 0.6 is 0 Å². The number of carbonyl (C=O) groups is 2. The van der Waals surface area contributed by atoms with Crippen LogP contribution in [0.2, 0.25) is 0 Å². The molecule has 0 heterocycles. The lowest BCUT2D eigenvalue weighted by Gasteiger charge is -2.35. The molecule has 0 radical (unpaired) electrons. The fourth-order valence-corrected chi connectivity index (χ4v) is 2.70. The van der Waals surface area contributed by atoms with Gasteiger partial charge >= 0.3 is 11.9 Å². The third-order valence-electron chi connectivity index (χ3n) is 3.57. The highest BCUT2D eigenvalue weighted by molar-refractivity contribution is 6.00. The van der Waals surface area contributed by atoms with Crippen molar-refractivity contribution < 1.29 is 19.1 Å². The van der Waals surface area contributed by atoms with Gasteiger partial charge in [-0.25, -0.2) is 0 Å². The summed E-state index contributed by atoms with van der Waals surface area (Å²) in [6.45, 7) is 12.1. The third-order valence-corrected chi connectivity index (χ3v) is 3.57. The van der Waals surface area contributed by atoms with E-state index in [0.29, 0.717) is 6.42 Å². The number of ether oxygens (including phenoxy) is 2. The normalized spacial score (nSPS) is 13.2. The maximum atomic E-state index is 12.5. The molecule has 0 aliphatic rings. The summed E-state index contributed by atoms with van der Waals surface area (Å²) in [6.07, 6.45) is 2.18. The molecule has 0 aromatic rings. The van der Waals surface area contributed by atoms with Crippen LogP contribution in [0.25, 0.3) is 0 Å². The molecule has 0 spiro atoms. The minimum absolute atomic E-state index is 0.0898. The minimum atomic E-state index is -1.17. The molecule has 0 rings (SSSR count). The largest absolute Gasteiger partial charge is 0.465 e. The van der Waals surface area contributed by atoms with Gasteiger partial charge in [0.25, 0.3) is 0 Å². The van der Waals surface area contributed by atoms with Crippen LogP contribution in [0.3, 0.4) is 0 Å². The van der Waals surface area contributed by atoms with E-state index < -0.39 is 17.4 Å². The van der Waals surface area contributed by atoms with E-state index in [1.807, 2.05) is 27.7 Å². The van der Waals surface area contributed by atoms with Crippen molar-refractivity contribution in [2.45, 2.75) is 60.8 Å². The van der Waals surface area contributed by atoms with E-state index in [1.54, 1.807) is 13.8 Å². The van der Waals surface area contributed by atoms with Gasteiger partial charge in [0.15, 0.2) is 5.41 Å². The first-order valence-electron chi connectivity index (χ1n) is 7.71. The lowest BCUT2D eigenvalue weighted by atomic mass is 9.69. The van der Waals surface area contributed by atoms with Crippen LogP contribution in [0.4, 0.5) is 0 Å². The van der Waals surface area contributed by atoms with Crippen molar-refractivity contribution in [3.05, 3.63) is 0 Å². The molecule has 1 unspecified atom stereocenters. The molecular formula is C16H30O4. The van der Waals surface area contributed by atoms with Crippen LogP contribution in [0, 0.1) is 17.3 Å². The summed E-state index contributed by atoms with van der Waals surface area (Å²) < 4.78 is 10.4. The van der Waals surface area contributed by atoms with Gasteiger partial charge < -0.3 is 9.47 Å². The molecule has 4 nitrogen and oxygen atoms in total. The van der Waals surface area contributed by atoms with E-state index >= 15 is 0 Å². The lowest BCUT2D eigenvalue weighted by Crippen LogP contribution is -2.48. The van der Waals surface area contributed by atoms with Crippen molar-refractivity contribution >= 4 is 11.9 Å². The van der Waals surface area contributed by atoms with Crippen molar-refractivity contribution in [3.8, 4) is 0 Å². The molecule has 0 aromatic carbocycles. The fourth-order valence-electron chi connectivity index (χ4n) is 2.70. The van der Waals surface area contributed by atoms with Gasteiger partial charge in [0.2, 0.25) is 0 Å². The Kier molecular flexibility index (Phi) is 8.51. The molecule has 0 bridgehead atoms. The standard InChI is InChI=1S/C16H30O4/c1-7-10-13(6)16(11-12(4)5,14(17)19-8-2)15(18)20-9-3/h12-13H,7-11H2,1-6H3. The Morgan fingerprint density at radius 1 is 0.950 bits per heavy atom. The summed E-state index contributed by atoms with van der Waals surface area (Å²) >= 11 is 0. The van der Waals surface area contributed by atoms with Crippen LogP contribution in [0.15, 0.2) is 0 Å². The molecule has 4 heteroatoms. The molecular weight excluding hydrogens is 256 g/mol. The van der Waals surface area contributed by atoms with E-state index in [-0.39, 0.29) is 25.0 Å². The zero-order chi connectivity index (χ0) is 15.8. The number of hydrogen-bond acceptors (Lipinski definition) is 4. The van der Waals surface area contributed by atoms with E-state index in [2.05, 4.69) is 0 Å². The molecule has 0 N–H and O–H groups in total. The monoisotopic (exact) mass is 286 g/mol. The first kappa shape index (κ1) is 18.9. The van der Waals surface area contributed by atoms with E-state index in [1.165, 1.54) is 0 Å². The Labute approximate surface area is 123 Å². The predicted octanol–water partition coefficient (Wildman–Crippen LogP) is 3.58. The number of hydrogen-bond donors (Lipinski definition) is 0. The van der Waals surface area contributed by atoms with E-state index in [0.717, 1.165) is 12.8 Å². The smallest absolute Gasteiger partial charge is 0.323 e. The molecule has 0 amide bonds. The second-order valence-electron chi connectivity index (χ2n) is 5.70. The summed E-state index contributed by atoms with van der Waals surface area (Å²) in [7, 11) is 0. The Balaban J connectivity index is 5.61. The fraction of sp³-hybridized carbons (Fsp3) is 0.875. The topological polar surface area (TPSA) is 52.6 Å². The second kappa shape index (κ2) is 8.98. The maximum absolute atomic E-state index is 12.5. The summed E-state index contributed by atoms with van der Waals surface area (Å²) in [6, 6.07) is 0. The van der Waals surface area contributed by atoms with Crippen molar-refractivity contribution in [3.63, 3.8) is 0 Å². The summed E-state index contributed by atoms with van der Waals surface area (Å²) in [5, 5.41) is 0. The second-order valence-corrected chi connectivity index (χ2v) is 5.70. The van der Waals surface area contributed by atoms with Crippen molar-refractivity contribution in [2.75, 3.05) is 13.2 Å². The first-order valence-corrected chi connectivity index (χ1v) is 7.71. The average molecular weight is 286 g/mol. The Hall–Kier alpha value is -1.06. The SMILES string of the molecule is CCCC(C)C(CC(C)C)(C(=O)OCC)C(=O)OCC. The van der Waals surface area contributed by atoms with E-state index in [9.17, 15) is 9.59 Å². The van der Waals surface area contributed by atoms with Crippen LogP contribution in [-0.2, 0) is 19.1 Å². The van der Waals surface area contributed by atoms with Gasteiger partial charge in [-0.05, 0) is 38.5 Å². The zero-order valence-corrected chi connectivity index (χ0v) is 13.8. The van der Waals surface area contributed by atoms with Crippen molar-refractivity contribution in [1.29, 1.82) is 0 Å². The predicted molar refractivity (Wildman–Crippen MR) is 79.2 cm³/mol. The van der Waals surface area contributed by atoms with Gasteiger partial charge in [0.1, 0.15) is 0 Å². The Morgan fingerprint density at radius 2 is 1.40 bits per heavy atom. The molecule has 0 fully saturated rings. The van der Waals surface area contributed by atoms with E-state index in [4.69, 9.17) is 9.47 Å². The van der Waals surface area contributed by atoms with Crippen molar-refractivity contribution in [2.24, 2.45) is 17.3 Å². The number of esters is 2. The molecule has 0 aliphatic carbocycles. The van der Waals surface area contributed by atoms with Crippen LogP contribution < -0.4 is 0 Å². The maximum Gasteiger partial charge on any atom is 0.323 e. The van der Waals surface area contributed by atoms with Crippen LogP contribution in [0.5, 0.6) is 0 Å². The third kappa shape index (κ3) is 4.50. The number of carbonyl (C=O) groups excluding carboxylic acids is 2. The lowest BCUT2D eigenvalue weighted by molar-refractivity contribution is -0.178. The summed E-state index contributed by atoms with van der Waals surface area (Å²) in [4.78, 5) is 25.0. The van der Waals surface area contributed by atoms with Gasteiger partial charge in [-0.3, -0.25) is 9.59 Å². The molecule has 20 heavy (non-hydrogen) atoms. The average Bonchev–Trinajstić information content (AvgIpc) is 2.36. The van der Waals surface area contributed by atoms with Gasteiger partial charge in [-0.1, -0.05) is 34.1 Å². The highest BCUT2D eigenvalue weighted by Gasteiger charge is 2.52. The van der Waals surface area contributed by atoms with Crippen LogP contribution in [-0.4, -0.2) is 25.2 Å². The van der Waals surface area contributed by atoms with Gasteiger partial charge in [-0.15, -0.1) is 0 Å². The van der Waals surface area contributed by atoms with Gasteiger partial charge in [0, 0.05) is 0 Å². The summed E-state index contributed by atoms with van der Waals surface area (Å²) in [5.74, 6) is -0.752. The molecule has 0 aromatic heterocycles. The zero-order valence-electron chi connectivity index (χ0n) is 13.8. The highest BCUT2D eigenvalue weighted by Crippen LogP contribution is 2.40. The Bertz CT molecular complexity index is 292. The number of rotatable bonds is 9. The van der Waals surface area contributed by atoms with Crippen LogP contribution in [0.1, 0.15) is 60.8 Å². The molecule has 1 atom stereocenters. The Morgan fingerprint density at radius 3 is 1.70 bits per heavy atom. The highest BCUT2D eigenvalue weighted by atomic mass is 16.6. The molecule has 118 valence electrons. The van der Waals surface area contributed by atoms with Gasteiger partial charge in [-0.2, -0.15) is 0 Å². The minimum Gasteiger partial charge on any atom is -0.465 e. The van der Waals surface area contributed by atoms with Gasteiger partial charge in [0.05, 0.1) is 13.2 Å². The first-order chi connectivity index (χ1) is 9.36.